The van der Waals surface area contributed by atoms with E-state index in [2.05, 4.69) is 10.2 Å². The number of carbonyl (C=O) groups is 2. The quantitative estimate of drug-likeness (QED) is 0.580. The normalized spacial score (nSPS) is 13.8. The van der Waals surface area contributed by atoms with Gasteiger partial charge in [0, 0.05) is 30.8 Å². The molecule has 6 nitrogen and oxygen atoms in total. The first-order chi connectivity index (χ1) is 15.5. The molecule has 0 saturated carbocycles. The second-order valence-electron chi connectivity index (χ2n) is 7.87. The van der Waals surface area contributed by atoms with E-state index < -0.39 is 5.97 Å². The molecule has 0 spiro atoms. The van der Waals surface area contributed by atoms with Crippen molar-refractivity contribution in [3.8, 4) is 5.75 Å². The van der Waals surface area contributed by atoms with Gasteiger partial charge >= 0.3 is 5.97 Å². The Morgan fingerprint density at radius 1 is 1.03 bits per heavy atom. The number of benzene rings is 3. The van der Waals surface area contributed by atoms with E-state index in [1.165, 1.54) is 7.11 Å². The number of amides is 1. The summed E-state index contributed by atoms with van der Waals surface area (Å²) in [5, 5.41) is 14.5. The zero-order valence-electron chi connectivity index (χ0n) is 18.0. The molecule has 2 N–H and O–H groups in total. The number of hydrogen-bond acceptors (Lipinski definition) is 5. The first-order valence-corrected chi connectivity index (χ1v) is 10.7. The zero-order chi connectivity index (χ0) is 22.5. The number of rotatable bonds is 6. The topological polar surface area (TPSA) is 78.9 Å². The summed E-state index contributed by atoms with van der Waals surface area (Å²) in [5.41, 5.74) is 3.20. The molecule has 0 saturated heterocycles. The van der Waals surface area contributed by atoms with Crippen LogP contribution in [0.1, 0.15) is 18.4 Å². The van der Waals surface area contributed by atoms with Crippen LogP contribution in [0.25, 0.3) is 10.8 Å². The number of nitrogens with zero attached hydrogens (tertiary/aromatic N) is 1. The summed E-state index contributed by atoms with van der Waals surface area (Å²) in [6.45, 7) is 1.10. The maximum Gasteiger partial charge on any atom is 0.337 e. The lowest BCUT2D eigenvalue weighted by atomic mass is 10.0. The number of phenols is 1. The van der Waals surface area contributed by atoms with Crippen molar-refractivity contribution < 1.29 is 19.4 Å². The van der Waals surface area contributed by atoms with Gasteiger partial charge in [0.15, 0.2) is 0 Å². The fraction of sp³-hybridized carbons (Fsp3) is 0.231. The number of aromatic hydroxyl groups is 1. The molecular weight excluding hydrogens is 404 g/mol. The number of aryl methyl sites for hydroxylation is 1. The number of hydrogen-bond donors (Lipinski definition) is 2. The van der Waals surface area contributed by atoms with E-state index in [0.717, 1.165) is 22.0 Å². The largest absolute Gasteiger partial charge is 0.508 e. The molecule has 1 amide bonds. The molecule has 0 aromatic heterocycles. The summed E-state index contributed by atoms with van der Waals surface area (Å²) in [7, 11) is 1.36. The Morgan fingerprint density at radius 2 is 1.78 bits per heavy atom. The van der Waals surface area contributed by atoms with Crippen LogP contribution in [0.2, 0.25) is 0 Å². The van der Waals surface area contributed by atoms with Gasteiger partial charge in [-0.25, -0.2) is 4.79 Å². The predicted octanol–water partition coefficient (Wildman–Crippen LogP) is 3.93. The van der Waals surface area contributed by atoms with E-state index in [1.54, 1.807) is 12.1 Å². The number of anilines is 1. The van der Waals surface area contributed by atoms with Gasteiger partial charge in [-0.3, -0.25) is 4.79 Å². The van der Waals surface area contributed by atoms with Crippen LogP contribution in [0.3, 0.4) is 0 Å². The number of methoxy groups -OCH3 is 1. The monoisotopic (exact) mass is 430 g/mol. The van der Waals surface area contributed by atoms with E-state index in [0.29, 0.717) is 43.6 Å². The van der Waals surface area contributed by atoms with Crippen molar-refractivity contribution in [2.45, 2.75) is 19.3 Å². The Labute approximate surface area is 187 Å². The molecule has 164 valence electrons. The molecule has 0 unspecified atom stereocenters. The third-order valence-electron chi connectivity index (χ3n) is 5.72. The number of esters is 1. The van der Waals surface area contributed by atoms with E-state index in [4.69, 9.17) is 4.74 Å². The highest BCUT2D eigenvalue weighted by molar-refractivity contribution is 5.92. The van der Waals surface area contributed by atoms with Gasteiger partial charge in [-0.2, -0.15) is 0 Å². The molecule has 0 radical (unpaired) electrons. The fourth-order valence-electron chi connectivity index (χ4n) is 4.00. The lowest BCUT2D eigenvalue weighted by molar-refractivity contribution is -0.136. The van der Waals surface area contributed by atoms with Gasteiger partial charge in [0.2, 0.25) is 5.91 Å². The van der Waals surface area contributed by atoms with Gasteiger partial charge in [-0.05, 0) is 47.0 Å². The highest BCUT2D eigenvalue weighted by Gasteiger charge is 2.25. The molecule has 0 fully saturated rings. The summed E-state index contributed by atoms with van der Waals surface area (Å²) in [5.74, 6) is -0.309. The number of carbonyl (C=O) groups excluding carboxylic acids is 2. The molecule has 3 aromatic carbocycles. The van der Waals surface area contributed by atoms with Crippen LogP contribution in [-0.2, 0) is 20.7 Å². The summed E-state index contributed by atoms with van der Waals surface area (Å²) < 4.78 is 4.97. The van der Waals surface area contributed by atoms with Crippen LogP contribution < -0.4 is 10.2 Å². The average Bonchev–Trinajstić information content (AvgIpc) is 2.83. The summed E-state index contributed by atoms with van der Waals surface area (Å²) in [4.78, 5) is 27.2. The van der Waals surface area contributed by atoms with Crippen molar-refractivity contribution >= 4 is 28.3 Å². The molecule has 32 heavy (non-hydrogen) atoms. The SMILES string of the molecule is COC(=O)C1=C(NC(=O)CCc2ccc3cc(O)ccc3c2)CCN(c2ccccc2)C1. The van der Waals surface area contributed by atoms with Crippen molar-refractivity contribution in [3.63, 3.8) is 0 Å². The Morgan fingerprint density at radius 3 is 2.56 bits per heavy atom. The smallest absolute Gasteiger partial charge is 0.337 e. The third-order valence-corrected chi connectivity index (χ3v) is 5.72. The Balaban J connectivity index is 1.43. The van der Waals surface area contributed by atoms with Crippen LogP contribution in [0.5, 0.6) is 5.75 Å². The number of fused-ring (bicyclic) bond motifs is 1. The van der Waals surface area contributed by atoms with Crippen LogP contribution in [-0.4, -0.2) is 37.2 Å². The first kappa shape index (κ1) is 21.4. The maximum absolute atomic E-state index is 12.7. The number of nitrogens with one attached hydrogen (secondary N) is 1. The van der Waals surface area contributed by atoms with Crippen LogP contribution >= 0.6 is 0 Å². The third kappa shape index (κ3) is 4.91. The van der Waals surface area contributed by atoms with E-state index >= 15 is 0 Å². The van der Waals surface area contributed by atoms with Gasteiger partial charge in [-0.1, -0.05) is 42.5 Å². The molecule has 4 rings (SSSR count). The molecule has 3 aromatic rings. The van der Waals surface area contributed by atoms with Crippen molar-refractivity contribution in [1.29, 1.82) is 0 Å². The summed E-state index contributed by atoms with van der Waals surface area (Å²) in [6, 6.07) is 21.1. The second-order valence-corrected chi connectivity index (χ2v) is 7.87. The standard InChI is InChI=1S/C26H26N2O4/c1-32-26(31)23-17-28(21-5-3-2-4-6-21)14-13-24(23)27-25(30)12-8-18-7-9-20-16-22(29)11-10-19(20)15-18/h2-7,9-11,15-16,29H,8,12-14,17H2,1H3,(H,27,30). The number of ether oxygens (including phenoxy) is 1. The predicted molar refractivity (Wildman–Crippen MR) is 124 cm³/mol. The number of para-hydroxylation sites is 1. The molecule has 1 heterocycles. The minimum atomic E-state index is -0.418. The van der Waals surface area contributed by atoms with Crippen LogP contribution in [0, 0.1) is 0 Å². The molecule has 0 atom stereocenters. The number of phenolic OH excluding ortho intramolecular Hbond substituents is 1. The zero-order valence-corrected chi connectivity index (χ0v) is 18.0. The molecular formula is C26H26N2O4. The van der Waals surface area contributed by atoms with Crippen molar-refractivity contribution in [2.24, 2.45) is 0 Å². The van der Waals surface area contributed by atoms with Gasteiger partial charge in [0.1, 0.15) is 5.75 Å². The molecule has 6 heteroatoms. The van der Waals surface area contributed by atoms with E-state index in [9.17, 15) is 14.7 Å². The minimum absolute atomic E-state index is 0.125. The Hall–Kier alpha value is -3.80. The summed E-state index contributed by atoms with van der Waals surface area (Å²) in [6.07, 6.45) is 1.45. The lowest BCUT2D eigenvalue weighted by Crippen LogP contribution is -2.39. The van der Waals surface area contributed by atoms with Gasteiger partial charge in [0.25, 0.3) is 0 Å². The highest BCUT2D eigenvalue weighted by Crippen LogP contribution is 2.24. The molecule has 1 aliphatic rings. The fourth-order valence-corrected chi connectivity index (χ4v) is 4.00. The molecule has 0 aliphatic carbocycles. The Bertz CT molecular complexity index is 1170. The van der Waals surface area contributed by atoms with Crippen molar-refractivity contribution in [1.82, 2.24) is 5.32 Å². The van der Waals surface area contributed by atoms with Gasteiger partial charge < -0.3 is 20.1 Å². The van der Waals surface area contributed by atoms with E-state index in [1.807, 2.05) is 54.6 Å². The second kappa shape index (κ2) is 9.56. The average molecular weight is 431 g/mol. The first-order valence-electron chi connectivity index (χ1n) is 10.7. The minimum Gasteiger partial charge on any atom is -0.508 e. The Kier molecular flexibility index (Phi) is 6.40. The lowest BCUT2D eigenvalue weighted by Gasteiger charge is -2.31. The van der Waals surface area contributed by atoms with Crippen LogP contribution in [0.15, 0.2) is 78.0 Å². The van der Waals surface area contributed by atoms with Gasteiger partial charge in [-0.15, -0.1) is 0 Å². The van der Waals surface area contributed by atoms with Crippen molar-refractivity contribution in [2.75, 3.05) is 25.1 Å². The molecule has 1 aliphatic heterocycles. The molecule has 0 bridgehead atoms. The van der Waals surface area contributed by atoms with Crippen LogP contribution in [0.4, 0.5) is 5.69 Å². The summed E-state index contributed by atoms with van der Waals surface area (Å²) >= 11 is 0. The van der Waals surface area contributed by atoms with Gasteiger partial charge in [0.05, 0.1) is 19.2 Å². The van der Waals surface area contributed by atoms with Crippen molar-refractivity contribution in [3.05, 3.63) is 83.6 Å². The van der Waals surface area contributed by atoms with E-state index in [-0.39, 0.29) is 11.7 Å². The maximum atomic E-state index is 12.7. The highest BCUT2D eigenvalue weighted by atomic mass is 16.5.